The van der Waals surface area contributed by atoms with E-state index in [2.05, 4.69) is 20.5 Å². The summed E-state index contributed by atoms with van der Waals surface area (Å²) in [7, 11) is -3.79. The second-order valence-electron chi connectivity index (χ2n) is 6.56. The number of aromatic nitrogens is 3. The zero-order chi connectivity index (χ0) is 24.8. The molecule has 0 aromatic carbocycles. The molecule has 0 bridgehead atoms. The summed E-state index contributed by atoms with van der Waals surface area (Å²) in [6.07, 6.45) is 1.95. The second kappa shape index (κ2) is 11.0. The molecule has 0 saturated heterocycles. The lowest BCUT2D eigenvalue weighted by Gasteiger charge is -2.25. The Morgan fingerprint density at radius 3 is 2.58 bits per heavy atom. The van der Waals surface area contributed by atoms with Crippen molar-refractivity contribution in [1.82, 2.24) is 20.5 Å². The Labute approximate surface area is 192 Å². The van der Waals surface area contributed by atoms with Gasteiger partial charge < -0.3 is 14.5 Å². The maximum atomic E-state index is 13.0. The number of nitrogens with one attached hydrogen (secondary N) is 1. The van der Waals surface area contributed by atoms with E-state index < -0.39 is 40.2 Å². The lowest BCUT2D eigenvalue weighted by atomic mass is 10.3. The molecule has 1 atom stereocenters. The second-order valence-corrected chi connectivity index (χ2v) is 9.71. The van der Waals surface area contributed by atoms with Gasteiger partial charge in [-0.05, 0) is 0 Å². The van der Waals surface area contributed by atoms with Crippen molar-refractivity contribution in [3.8, 4) is 5.75 Å². The fraction of sp³-hybridized carbons (Fsp3) is 0.500. The minimum atomic E-state index is -3.79. The van der Waals surface area contributed by atoms with Crippen LogP contribution in [0.25, 0.3) is 4.91 Å². The minimum Gasteiger partial charge on any atom is -0.486 e. The highest BCUT2D eigenvalue weighted by Crippen LogP contribution is 2.36. The van der Waals surface area contributed by atoms with Crippen LogP contribution in [0.1, 0.15) is 39.0 Å². The van der Waals surface area contributed by atoms with Gasteiger partial charge in [0.15, 0.2) is 6.61 Å². The first-order valence-electron chi connectivity index (χ1n) is 9.60. The largest absolute Gasteiger partial charge is 0.486 e. The van der Waals surface area contributed by atoms with Gasteiger partial charge in [-0.2, -0.15) is 8.78 Å². The van der Waals surface area contributed by atoms with Crippen molar-refractivity contribution in [3.63, 3.8) is 0 Å². The van der Waals surface area contributed by atoms with Crippen molar-refractivity contribution in [3.05, 3.63) is 36.4 Å². The number of sulfonamides is 1. The number of anilines is 1. The normalized spacial score (nSPS) is 16.0. The van der Waals surface area contributed by atoms with Gasteiger partial charge in [0.2, 0.25) is 10.0 Å². The van der Waals surface area contributed by atoms with E-state index in [0.29, 0.717) is 11.8 Å². The summed E-state index contributed by atoms with van der Waals surface area (Å²) in [6.45, 7) is 3.69. The van der Waals surface area contributed by atoms with Crippen LogP contribution in [0.5, 0.6) is 5.75 Å². The molecule has 0 aliphatic carbocycles. The van der Waals surface area contributed by atoms with E-state index in [1.54, 1.807) is 0 Å². The molecule has 1 aliphatic rings. The van der Waals surface area contributed by atoms with Gasteiger partial charge in [-0.3, -0.25) is 9.29 Å². The Bertz CT molecular complexity index is 1060. The third kappa shape index (κ3) is 7.77. The number of pyridine rings is 1. The van der Waals surface area contributed by atoms with E-state index in [-0.39, 0.29) is 23.9 Å². The SMILES string of the molecule is CC.CC(F)(F)COc1cncc(N(CC2NC=C(c3nnc(C(F)F)o3)S2)S(C)(=O)=O)c1. The molecule has 184 valence electrons. The number of rotatable bonds is 9. The Balaban J connectivity index is 0.00000187. The van der Waals surface area contributed by atoms with Crippen LogP contribution in [0.2, 0.25) is 0 Å². The summed E-state index contributed by atoms with van der Waals surface area (Å²) in [6, 6.07) is 1.28. The highest BCUT2D eigenvalue weighted by atomic mass is 32.2. The zero-order valence-corrected chi connectivity index (χ0v) is 19.8. The average Bonchev–Trinajstić information content (AvgIpc) is 3.40. The summed E-state index contributed by atoms with van der Waals surface area (Å²) in [4.78, 5) is 4.22. The molecule has 0 spiro atoms. The maximum Gasteiger partial charge on any atom is 0.314 e. The van der Waals surface area contributed by atoms with Gasteiger partial charge in [0.05, 0.1) is 41.2 Å². The van der Waals surface area contributed by atoms with E-state index in [4.69, 9.17) is 9.15 Å². The first-order chi connectivity index (χ1) is 15.4. The summed E-state index contributed by atoms with van der Waals surface area (Å²) in [5.74, 6) is -4.04. The standard InChI is InChI=1S/C16H17F4N5O4S2.C2H6/c1-16(19,20)8-28-10-3-9(4-21-5-10)25(31(2,26)27)7-12-22-6-11(30-12)14-23-24-15(29-14)13(17)18;1-2/h3-6,12-13,22H,7-8H2,1-2H3;1-2H3. The van der Waals surface area contributed by atoms with Gasteiger partial charge in [-0.1, -0.05) is 25.6 Å². The topological polar surface area (TPSA) is 110 Å². The van der Waals surface area contributed by atoms with Crippen molar-refractivity contribution in [2.24, 2.45) is 0 Å². The van der Waals surface area contributed by atoms with Crippen LogP contribution in [-0.2, 0) is 10.0 Å². The maximum absolute atomic E-state index is 13.0. The summed E-state index contributed by atoms with van der Waals surface area (Å²) in [5, 5.41) is 9.17. The minimum absolute atomic E-state index is 0.0242. The van der Waals surface area contributed by atoms with Gasteiger partial charge in [-0.25, -0.2) is 17.2 Å². The smallest absolute Gasteiger partial charge is 0.314 e. The van der Waals surface area contributed by atoms with Crippen molar-refractivity contribution < 1.29 is 35.1 Å². The van der Waals surface area contributed by atoms with Gasteiger partial charge >= 0.3 is 6.43 Å². The molecule has 2 aromatic rings. The van der Waals surface area contributed by atoms with Crippen LogP contribution in [0, 0.1) is 0 Å². The van der Waals surface area contributed by atoms with E-state index in [0.717, 1.165) is 22.3 Å². The van der Waals surface area contributed by atoms with E-state index in [1.807, 2.05) is 13.8 Å². The first-order valence-corrected chi connectivity index (χ1v) is 12.3. The fourth-order valence-electron chi connectivity index (χ4n) is 2.43. The number of alkyl halides is 4. The lowest BCUT2D eigenvalue weighted by molar-refractivity contribution is -0.0230. The number of hydrogen-bond donors (Lipinski definition) is 1. The predicted octanol–water partition coefficient (Wildman–Crippen LogP) is 3.89. The predicted molar refractivity (Wildman–Crippen MR) is 116 cm³/mol. The first kappa shape index (κ1) is 26.7. The van der Waals surface area contributed by atoms with Crippen LogP contribution in [-0.4, -0.2) is 54.3 Å². The van der Waals surface area contributed by atoms with Crippen molar-refractivity contribution in [2.45, 2.75) is 38.5 Å². The molecule has 1 aliphatic heterocycles. The summed E-state index contributed by atoms with van der Waals surface area (Å²) in [5.41, 5.74) is 0.105. The van der Waals surface area contributed by atoms with Crippen LogP contribution >= 0.6 is 11.8 Å². The number of halogens is 4. The summed E-state index contributed by atoms with van der Waals surface area (Å²) < 4.78 is 86.8. The molecule has 0 fully saturated rings. The molecule has 0 amide bonds. The molecule has 33 heavy (non-hydrogen) atoms. The Morgan fingerprint density at radius 2 is 2.00 bits per heavy atom. The molecule has 3 rings (SSSR count). The molecule has 2 aromatic heterocycles. The molecule has 0 saturated carbocycles. The van der Waals surface area contributed by atoms with Crippen molar-refractivity contribution in [1.29, 1.82) is 0 Å². The molecular formula is C18H23F4N5O4S2. The van der Waals surface area contributed by atoms with Gasteiger partial charge in [0.25, 0.3) is 17.7 Å². The number of hydrogen-bond acceptors (Lipinski definition) is 9. The summed E-state index contributed by atoms with van der Waals surface area (Å²) >= 11 is 1.10. The van der Waals surface area contributed by atoms with E-state index in [1.165, 1.54) is 24.7 Å². The van der Waals surface area contributed by atoms with Gasteiger partial charge in [-0.15, -0.1) is 10.2 Å². The number of ether oxygens (including phenoxy) is 1. The molecule has 9 nitrogen and oxygen atoms in total. The quantitative estimate of drug-likeness (QED) is 0.499. The Morgan fingerprint density at radius 1 is 1.30 bits per heavy atom. The number of thioether (sulfide) groups is 1. The number of nitrogens with zero attached hydrogens (tertiary/aromatic N) is 4. The molecule has 15 heteroatoms. The molecule has 1 N–H and O–H groups in total. The third-order valence-corrected chi connectivity index (χ3v) is 6.00. The fourth-order valence-corrected chi connectivity index (χ4v) is 4.41. The lowest BCUT2D eigenvalue weighted by Crippen LogP contribution is -2.39. The molecule has 3 heterocycles. The van der Waals surface area contributed by atoms with Crippen molar-refractivity contribution in [2.75, 3.05) is 23.7 Å². The van der Waals surface area contributed by atoms with E-state index >= 15 is 0 Å². The van der Waals surface area contributed by atoms with Crippen LogP contribution < -0.4 is 14.4 Å². The van der Waals surface area contributed by atoms with Crippen molar-refractivity contribution >= 4 is 32.4 Å². The van der Waals surface area contributed by atoms with Gasteiger partial charge in [0, 0.05) is 19.2 Å². The molecular weight excluding hydrogens is 490 g/mol. The van der Waals surface area contributed by atoms with Crippen LogP contribution in [0.4, 0.5) is 23.2 Å². The molecule has 0 radical (unpaired) electrons. The van der Waals surface area contributed by atoms with Crippen LogP contribution in [0.3, 0.4) is 0 Å². The average molecular weight is 514 g/mol. The van der Waals surface area contributed by atoms with Gasteiger partial charge in [0.1, 0.15) is 5.75 Å². The third-order valence-electron chi connectivity index (χ3n) is 3.72. The van der Waals surface area contributed by atoms with Crippen LogP contribution in [0.15, 0.2) is 29.1 Å². The Hall–Kier alpha value is -2.55. The Kier molecular flexibility index (Phi) is 8.94. The van der Waals surface area contributed by atoms with E-state index in [9.17, 15) is 26.0 Å². The zero-order valence-electron chi connectivity index (χ0n) is 18.1. The monoisotopic (exact) mass is 513 g/mol. The highest BCUT2D eigenvalue weighted by Gasteiger charge is 2.29. The highest BCUT2D eigenvalue weighted by molar-refractivity contribution is 8.09. The molecule has 1 unspecified atom stereocenters.